The van der Waals surface area contributed by atoms with Crippen molar-refractivity contribution < 1.29 is 13.5 Å². The molecular formula is C27H28FNO2. The van der Waals surface area contributed by atoms with Gasteiger partial charge in [0, 0.05) is 11.1 Å². The molecule has 0 spiro atoms. The third kappa shape index (κ3) is 4.34. The maximum absolute atomic E-state index is 14.4. The molecule has 1 heterocycles. The van der Waals surface area contributed by atoms with Crippen molar-refractivity contribution in [3.63, 3.8) is 0 Å². The van der Waals surface area contributed by atoms with Gasteiger partial charge in [-0.3, -0.25) is 0 Å². The maximum Gasteiger partial charge on any atom is 0.227 e. The number of halogens is 1. The lowest BCUT2D eigenvalue weighted by atomic mass is 9.80. The Kier molecular flexibility index (Phi) is 5.12. The van der Waals surface area contributed by atoms with Gasteiger partial charge in [-0.15, -0.1) is 0 Å². The molecule has 1 aromatic heterocycles. The van der Waals surface area contributed by atoms with Crippen LogP contribution in [0.25, 0.3) is 22.6 Å². The van der Waals surface area contributed by atoms with Crippen LogP contribution < -0.4 is 4.74 Å². The predicted molar refractivity (Wildman–Crippen MR) is 123 cm³/mol. The predicted octanol–water partition coefficient (Wildman–Crippen LogP) is 8.02. The fraction of sp³-hybridized carbons (Fsp3) is 0.296. The highest BCUT2D eigenvalue weighted by atomic mass is 19.1. The molecule has 4 rings (SSSR count). The van der Waals surface area contributed by atoms with Gasteiger partial charge in [-0.2, -0.15) is 0 Å². The number of hydrogen-bond acceptors (Lipinski definition) is 3. The molecule has 3 nitrogen and oxygen atoms in total. The number of aromatic nitrogens is 1. The zero-order valence-electron chi connectivity index (χ0n) is 18.9. The molecule has 0 aliphatic rings. The molecule has 31 heavy (non-hydrogen) atoms. The Labute approximate surface area is 182 Å². The van der Waals surface area contributed by atoms with Crippen molar-refractivity contribution >= 4 is 11.1 Å². The van der Waals surface area contributed by atoms with Crippen LogP contribution in [0.15, 0.2) is 65.1 Å². The van der Waals surface area contributed by atoms with Crippen LogP contribution in [0, 0.1) is 5.82 Å². The SMILES string of the molecule is CC(C)(C)c1cc(C(C)(C)C)c2oc(-c3ccc(F)c(Oc4ccccc4)c3)nc2c1. The minimum absolute atomic E-state index is 0.0140. The van der Waals surface area contributed by atoms with Crippen molar-refractivity contribution in [2.75, 3.05) is 0 Å². The highest BCUT2D eigenvalue weighted by molar-refractivity contribution is 5.81. The van der Waals surface area contributed by atoms with Crippen LogP contribution >= 0.6 is 0 Å². The van der Waals surface area contributed by atoms with Crippen LogP contribution in [-0.4, -0.2) is 4.98 Å². The number of hydrogen-bond donors (Lipinski definition) is 0. The van der Waals surface area contributed by atoms with Crippen molar-refractivity contribution in [2.45, 2.75) is 52.4 Å². The normalized spacial score (nSPS) is 12.4. The first-order chi connectivity index (χ1) is 14.5. The average Bonchev–Trinajstić information content (AvgIpc) is 3.12. The highest BCUT2D eigenvalue weighted by Gasteiger charge is 2.25. The van der Waals surface area contributed by atoms with Crippen LogP contribution in [0.3, 0.4) is 0 Å². The monoisotopic (exact) mass is 417 g/mol. The van der Waals surface area contributed by atoms with Crippen molar-refractivity contribution in [1.29, 1.82) is 0 Å². The molecule has 0 fully saturated rings. The summed E-state index contributed by atoms with van der Waals surface area (Å²) in [5, 5.41) is 0. The van der Waals surface area contributed by atoms with Gasteiger partial charge in [0.2, 0.25) is 5.89 Å². The number of benzene rings is 3. The molecule has 0 saturated heterocycles. The Morgan fingerprint density at radius 1 is 0.839 bits per heavy atom. The second kappa shape index (κ2) is 7.52. The number of para-hydroxylation sites is 1. The second-order valence-electron chi connectivity index (χ2n) is 9.95. The van der Waals surface area contributed by atoms with Crippen molar-refractivity contribution in [2.24, 2.45) is 0 Å². The molecule has 0 aliphatic heterocycles. The minimum atomic E-state index is -0.436. The first kappa shape index (κ1) is 21.1. The Balaban J connectivity index is 1.83. The molecule has 0 unspecified atom stereocenters. The highest BCUT2D eigenvalue weighted by Crippen LogP contribution is 2.38. The van der Waals surface area contributed by atoms with Gasteiger partial charge in [0.1, 0.15) is 11.3 Å². The number of fused-ring (bicyclic) bond motifs is 1. The number of rotatable bonds is 3. The van der Waals surface area contributed by atoms with Crippen LogP contribution in [0.1, 0.15) is 52.7 Å². The molecule has 3 aromatic carbocycles. The third-order valence-electron chi connectivity index (χ3n) is 5.31. The molecule has 4 heteroatoms. The van der Waals surface area contributed by atoms with Gasteiger partial charge >= 0.3 is 0 Å². The van der Waals surface area contributed by atoms with E-state index in [0.717, 1.165) is 16.7 Å². The van der Waals surface area contributed by atoms with E-state index in [2.05, 4.69) is 53.7 Å². The topological polar surface area (TPSA) is 35.3 Å². The lowest BCUT2D eigenvalue weighted by Gasteiger charge is -2.24. The van der Waals surface area contributed by atoms with Crippen LogP contribution in [0.2, 0.25) is 0 Å². The van der Waals surface area contributed by atoms with Gasteiger partial charge in [-0.1, -0.05) is 65.8 Å². The van der Waals surface area contributed by atoms with Gasteiger partial charge in [0.05, 0.1) is 0 Å². The zero-order chi connectivity index (χ0) is 22.4. The quantitative estimate of drug-likeness (QED) is 0.338. The van der Waals surface area contributed by atoms with Crippen LogP contribution in [0.5, 0.6) is 11.5 Å². The van der Waals surface area contributed by atoms with E-state index in [1.165, 1.54) is 11.6 Å². The molecule has 0 bridgehead atoms. The maximum atomic E-state index is 14.4. The zero-order valence-corrected chi connectivity index (χ0v) is 18.9. The summed E-state index contributed by atoms with van der Waals surface area (Å²) in [5.74, 6) is 0.719. The standard InChI is InChI=1S/C27H28FNO2/c1-26(2,3)18-15-20(27(4,5)6)24-22(16-18)29-25(31-24)17-12-13-21(28)23(14-17)30-19-10-8-7-9-11-19/h7-16H,1-6H3. The van der Waals surface area contributed by atoms with E-state index in [-0.39, 0.29) is 16.6 Å². The van der Waals surface area contributed by atoms with Gasteiger partial charge in [0.25, 0.3) is 0 Å². The summed E-state index contributed by atoms with van der Waals surface area (Å²) in [7, 11) is 0. The number of oxazole rings is 1. The van der Waals surface area contributed by atoms with Crippen molar-refractivity contribution in [3.05, 3.63) is 77.6 Å². The average molecular weight is 418 g/mol. The first-order valence-corrected chi connectivity index (χ1v) is 10.5. The third-order valence-corrected chi connectivity index (χ3v) is 5.31. The largest absolute Gasteiger partial charge is 0.454 e. The number of nitrogens with zero attached hydrogens (tertiary/aromatic N) is 1. The molecular weight excluding hydrogens is 389 g/mol. The summed E-state index contributed by atoms with van der Waals surface area (Å²) in [4.78, 5) is 4.76. The summed E-state index contributed by atoms with van der Waals surface area (Å²) in [6.07, 6.45) is 0. The summed E-state index contributed by atoms with van der Waals surface area (Å²) in [6, 6.07) is 18.1. The van der Waals surface area contributed by atoms with E-state index >= 15 is 0 Å². The lowest BCUT2D eigenvalue weighted by molar-refractivity contribution is 0.442. The van der Waals surface area contributed by atoms with Crippen LogP contribution in [-0.2, 0) is 10.8 Å². The molecule has 0 N–H and O–H groups in total. The summed E-state index contributed by atoms with van der Waals surface area (Å²) in [6.45, 7) is 13.1. The molecule has 4 aromatic rings. The second-order valence-corrected chi connectivity index (χ2v) is 9.95. The van der Waals surface area contributed by atoms with E-state index in [0.29, 0.717) is 17.2 Å². The molecule has 0 radical (unpaired) electrons. The fourth-order valence-corrected chi connectivity index (χ4v) is 3.48. The van der Waals surface area contributed by atoms with Gasteiger partial charge in [-0.05, 0) is 52.8 Å². The Morgan fingerprint density at radius 2 is 1.55 bits per heavy atom. The fourth-order valence-electron chi connectivity index (χ4n) is 3.48. The summed E-state index contributed by atoms with van der Waals surface area (Å²) >= 11 is 0. The van der Waals surface area contributed by atoms with E-state index < -0.39 is 5.82 Å². The molecule has 160 valence electrons. The molecule has 0 atom stereocenters. The van der Waals surface area contributed by atoms with Gasteiger partial charge in [0.15, 0.2) is 17.1 Å². The summed E-state index contributed by atoms with van der Waals surface area (Å²) < 4.78 is 26.4. The number of ether oxygens (including phenoxy) is 1. The molecule has 0 saturated carbocycles. The summed E-state index contributed by atoms with van der Waals surface area (Å²) in [5.41, 5.74) is 4.43. The minimum Gasteiger partial charge on any atom is -0.454 e. The Hall–Kier alpha value is -3.14. The molecule has 0 amide bonds. The van der Waals surface area contributed by atoms with Gasteiger partial charge in [-0.25, -0.2) is 9.37 Å². The van der Waals surface area contributed by atoms with Gasteiger partial charge < -0.3 is 9.15 Å². The van der Waals surface area contributed by atoms with Crippen molar-refractivity contribution in [1.82, 2.24) is 4.98 Å². The van der Waals surface area contributed by atoms with E-state index in [1.807, 2.05) is 18.2 Å². The van der Waals surface area contributed by atoms with Crippen molar-refractivity contribution in [3.8, 4) is 23.0 Å². The van der Waals surface area contributed by atoms with E-state index in [1.54, 1.807) is 24.3 Å². The lowest BCUT2D eigenvalue weighted by Crippen LogP contribution is -2.16. The smallest absolute Gasteiger partial charge is 0.227 e. The van der Waals surface area contributed by atoms with Crippen LogP contribution in [0.4, 0.5) is 4.39 Å². The Morgan fingerprint density at radius 3 is 2.19 bits per heavy atom. The van der Waals surface area contributed by atoms with E-state index in [9.17, 15) is 4.39 Å². The Bertz CT molecular complexity index is 1230. The van der Waals surface area contributed by atoms with E-state index in [4.69, 9.17) is 14.1 Å². The molecule has 0 aliphatic carbocycles. The first-order valence-electron chi connectivity index (χ1n) is 10.5.